The molecular weight excluding hydrogens is 216 g/mol. The SMILES string of the molecule is C=CC(=O)OC1(CSC)CCCCS1. The van der Waals surface area contributed by atoms with Crippen LogP contribution in [0.5, 0.6) is 0 Å². The summed E-state index contributed by atoms with van der Waals surface area (Å²) < 4.78 is 5.45. The molecule has 0 radical (unpaired) electrons. The molecule has 1 aliphatic rings. The van der Waals surface area contributed by atoms with Gasteiger partial charge in [0.15, 0.2) is 4.93 Å². The Balaban J connectivity index is 2.59. The van der Waals surface area contributed by atoms with Crippen molar-refractivity contribution >= 4 is 29.5 Å². The minimum atomic E-state index is -0.298. The van der Waals surface area contributed by atoms with Crippen LogP contribution in [0, 0.1) is 0 Å². The summed E-state index contributed by atoms with van der Waals surface area (Å²) in [4.78, 5) is 10.9. The van der Waals surface area contributed by atoms with Gasteiger partial charge in [0, 0.05) is 11.8 Å². The molecule has 4 heteroatoms. The third kappa shape index (κ3) is 3.24. The van der Waals surface area contributed by atoms with Crippen LogP contribution in [0.15, 0.2) is 12.7 Å². The second kappa shape index (κ2) is 5.71. The fraction of sp³-hybridized carbons (Fsp3) is 0.700. The highest BCUT2D eigenvalue weighted by Gasteiger charge is 2.35. The molecule has 1 saturated heterocycles. The van der Waals surface area contributed by atoms with E-state index in [-0.39, 0.29) is 10.9 Å². The molecule has 0 aromatic carbocycles. The van der Waals surface area contributed by atoms with E-state index in [0.717, 1.165) is 24.3 Å². The number of hydrogen-bond acceptors (Lipinski definition) is 4. The van der Waals surface area contributed by atoms with Gasteiger partial charge in [-0.25, -0.2) is 4.79 Å². The van der Waals surface area contributed by atoms with Gasteiger partial charge in [-0.05, 0) is 31.3 Å². The highest BCUT2D eigenvalue weighted by Crippen LogP contribution is 2.39. The van der Waals surface area contributed by atoms with Gasteiger partial charge in [0.25, 0.3) is 0 Å². The van der Waals surface area contributed by atoms with Crippen molar-refractivity contribution in [1.82, 2.24) is 0 Å². The average molecular weight is 232 g/mol. The fourth-order valence-electron chi connectivity index (χ4n) is 1.50. The number of carbonyl (C=O) groups excluding carboxylic acids is 1. The van der Waals surface area contributed by atoms with Crippen LogP contribution >= 0.6 is 23.5 Å². The molecule has 0 N–H and O–H groups in total. The van der Waals surface area contributed by atoms with E-state index in [1.807, 2.05) is 6.26 Å². The summed E-state index contributed by atoms with van der Waals surface area (Å²) in [5, 5.41) is 0. The highest BCUT2D eigenvalue weighted by molar-refractivity contribution is 8.03. The van der Waals surface area contributed by atoms with Gasteiger partial charge in [-0.1, -0.05) is 6.58 Å². The van der Waals surface area contributed by atoms with E-state index in [2.05, 4.69) is 6.58 Å². The maximum Gasteiger partial charge on any atom is 0.331 e. The number of carbonyl (C=O) groups is 1. The first-order valence-corrected chi connectivity index (χ1v) is 7.09. The summed E-state index contributed by atoms with van der Waals surface area (Å²) in [6, 6.07) is 0. The molecule has 1 atom stereocenters. The highest BCUT2D eigenvalue weighted by atomic mass is 32.2. The van der Waals surface area contributed by atoms with Crippen molar-refractivity contribution < 1.29 is 9.53 Å². The third-order valence-corrected chi connectivity index (χ3v) is 4.52. The molecule has 1 fully saturated rings. The van der Waals surface area contributed by atoms with Crippen LogP contribution in [-0.4, -0.2) is 28.7 Å². The first-order chi connectivity index (χ1) is 6.72. The van der Waals surface area contributed by atoms with Crippen LogP contribution in [0.3, 0.4) is 0 Å². The van der Waals surface area contributed by atoms with Crippen LogP contribution in [0.4, 0.5) is 0 Å². The maximum atomic E-state index is 11.2. The van der Waals surface area contributed by atoms with Gasteiger partial charge >= 0.3 is 5.97 Å². The van der Waals surface area contributed by atoms with E-state index >= 15 is 0 Å². The Hall–Kier alpha value is -0.0900. The summed E-state index contributed by atoms with van der Waals surface area (Å²) in [5.74, 6) is 1.66. The van der Waals surface area contributed by atoms with Gasteiger partial charge in [0.05, 0.1) is 0 Å². The van der Waals surface area contributed by atoms with Crippen molar-refractivity contribution in [2.45, 2.75) is 24.2 Å². The molecule has 1 unspecified atom stereocenters. The summed E-state index contributed by atoms with van der Waals surface area (Å²) >= 11 is 3.49. The largest absolute Gasteiger partial charge is 0.444 e. The summed E-state index contributed by atoms with van der Waals surface area (Å²) in [5.41, 5.74) is 0. The third-order valence-electron chi connectivity index (χ3n) is 2.13. The topological polar surface area (TPSA) is 26.3 Å². The van der Waals surface area contributed by atoms with E-state index in [9.17, 15) is 4.79 Å². The number of rotatable bonds is 4. The minimum absolute atomic E-state index is 0.289. The molecule has 80 valence electrons. The van der Waals surface area contributed by atoms with Gasteiger partial charge in [-0.15, -0.1) is 11.8 Å². The lowest BCUT2D eigenvalue weighted by Crippen LogP contribution is -2.36. The number of esters is 1. The molecule has 0 amide bonds. The second-order valence-corrected chi connectivity index (χ2v) is 5.58. The molecule has 0 saturated carbocycles. The maximum absolute atomic E-state index is 11.2. The van der Waals surface area contributed by atoms with E-state index < -0.39 is 0 Å². The van der Waals surface area contributed by atoms with Crippen LogP contribution in [0.2, 0.25) is 0 Å². The zero-order valence-electron chi connectivity index (χ0n) is 8.45. The predicted molar refractivity (Wildman–Crippen MR) is 63.7 cm³/mol. The average Bonchev–Trinajstić information content (AvgIpc) is 2.19. The first-order valence-electron chi connectivity index (χ1n) is 4.71. The lowest BCUT2D eigenvalue weighted by molar-refractivity contribution is -0.144. The molecule has 2 nitrogen and oxygen atoms in total. The molecule has 0 aromatic rings. The normalized spacial score (nSPS) is 26.9. The van der Waals surface area contributed by atoms with Gasteiger partial charge < -0.3 is 4.74 Å². The summed E-state index contributed by atoms with van der Waals surface area (Å²) in [7, 11) is 0. The van der Waals surface area contributed by atoms with Crippen molar-refractivity contribution in [3.05, 3.63) is 12.7 Å². The fourth-order valence-corrected chi connectivity index (χ4v) is 3.98. The van der Waals surface area contributed by atoms with Crippen LogP contribution in [-0.2, 0) is 9.53 Å². The first kappa shape index (κ1) is 12.0. The standard InChI is InChI=1S/C10H16O2S2/c1-3-9(11)12-10(8-13-2)6-4-5-7-14-10/h3H,1,4-8H2,2H3. The lowest BCUT2D eigenvalue weighted by Gasteiger charge is -2.35. The summed E-state index contributed by atoms with van der Waals surface area (Å²) in [6.07, 6.45) is 6.64. The van der Waals surface area contributed by atoms with Crippen LogP contribution in [0.1, 0.15) is 19.3 Å². The predicted octanol–water partition coefficient (Wildman–Crippen LogP) is 2.69. The Labute approximate surface area is 93.8 Å². The Kier molecular flexibility index (Phi) is 4.89. The molecule has 1 rings (SSSR count). The van der Waals surface area contributed by atoms with Crippen molar-refractivity contribution in [3.8, 4) is 0 Å². The van der Waals surface area contributed by atoms with Crippen molar-refractivity contribution in [1.29, 1.82) is 0 Å². The van der Waals surface area contributed by atoms with E-state index in [1.54, 1.807) is 23.5 Å². The summed E-state index contributed by atoms with van der Waals surface area (Å²) in [6.45, 7) is 3.43. The molecule has 0 spiro atoms. The van der Waals surface area contributed by atoms with Gasteiger partial charge in [0.1, 0.15) is 0 Å². The van der Waals surface area contributed by atoms with Crippen LogP contribution in [0.25, 0.3) is 0 Å². The van der Waals surface area contributed by atoms with Crippen molar-refractivity contribution in [2.24, 2.45) is 0 Å². The quantitative estimate of drug-likeness (QED) is 0.550. The smallest absolute Gasteiger partial charge is 0.331 e. The van der Waals surface area contributed by atoms with E-state index in [0.29, 0.717) is 0 Å². The number of ether oxygens (including phenoxy) is 1. The van der Waals surface area contributed by atoms with E-state index in [1.165, 1.54) is 12.5 Å². The van der Waals surface area contributed by atoms with Crippen molar-refractivity contribution in [3.63, 3.8) is 0 Å². The number of hydrogen-bond donors (Lipinski definition) is 0. The van der Waals surface area contributed by atoms with Gasteiger partial charge in [-0.3, -0.25) is 0 Å². The molecular formula is C10H16O2S2. The molecule has 14 heavy (non-hydrogen) atoms. The Morgan fingerprint density at radius 2 is 2.50 bits per heavy atom. The van der Waals surface area contributed by atoms with E-state index in [4.69, 9.17) is 4.74 Å². The monoisotopic (exact) mass is 232 g/mol. The molecule has 1 aliphatic heterocycles. The Morgan fingerprint density at radius 3 is 3.00 bits per heavy atom. The van der Waals surface area contributed by atoms with Crippen LogP contribution < -0.4 is 0 Å². The molecule has 0 aromatic heterocycles. The zero-order valence-corrected chi connectivity index (χ0v) is 10.1. The zero-order chi connectivity index (χ0) is 10.4. The van der Waals surface area contributed by atoms with Gasteiger partial charge in [0.2, 0.25) is 0 Å². The molecule has 0 bridgehead atoms. The Morgan fingerprint density at radius 1 is 1.71 bits per heavy atom. The number of thioether (sulfide) groups is 2. The van der Waals surface area contributed by atoms with Gasteiger partial charge in [-0.2, -0.15) is 11.8 Å². The second-order valence-electron chi connectivity index (χ2n) is 3.27. The minimum Gasteiger partial charge on any atom is -0.444 e. The molecule has 0 aliphatic carbocycles. The lowest BCUT2D eigenvalue weighted by atomic mass is 10.1. The Bertz CT molecular complexity index is 205. The molecule has 1 heterocycles. The van der Waals surface area contributed by atoms with Crippen molar-refractivity contribution in [2.75, 3.05) is 17.8 Å².